The smallest absolute Gasteiger partial charge is 0.251 e. The summed E-state index contributed by atoms with van der Waals surface area (Å²) in [6.45, 7) is 6.09. The van der Waals surface area contributed by atoms with Crippen molar-refractivity contribution in [3.8, 4) is 11.1 Å². The highest BCUT2D eigenvalue weighted by Gasteiger charge is 2.12. The van der Waals surface area contributed by atoms with E-state index in [1.54, 1.807) is 24.5 Å². The highest BCUT2D eigenvalue weighted by molar-refractivity contribution is 5.95. The number of aryl methyl sites for hydroxylation is 2. The SMILES string of the molecule is Cc1ccc([C@H](C)NC(=O)c2cccc(Nc3ncc(-c4cccc(C)c4)cn3)c2)cc1. The second-order valence-corrected chi connectivity index (χ2v) is 7.98. The molecule has 1 aromatic heterocycles. The predicted octanol–water partition coefficient (Wildman–Crippen LogP) is 6.00. The first-order valence-corrected chi connectivity index (χ1v) is 10.6. The number of carbonyl (C=O) groups is 1. The zero-order valence-corrected chi connectivity index (χ0v) is 18.5. The third kappa shape index (κ3) is 5.19. The van der Waals surface area contributed by atoms with Crippen molar-refractivity contribution in [1.29, 1.82) is 0 Å². The summed E-state index contributed by atoms with van der Waals surface area (Å²) in [4.78, 5) is 21.6. The lowest BCUT2D eigenvalue weighted by Crippen LogP contribution is -2.26. The van der Waals surface area contributed by atoms with Crippen molar-refractivity contribution in [2.75, 3.05) is 5.32 Å². The molecule has 2 N–H and O–H groups in total. The van der Waals surface area contributed by atoms with E-state index in [1.807, 2.05) is 62.4 Å². The number of aromatic nitrogens is 2. The Morgan fingerprint density at radius 1 is 0.812 bits per heavy atom. The fraction of sp³-hybridized carbons (Fsp3) is 0.148. The molecule has 5 heteroatoms. The van der Waals surface area contributed by atoms with Crippen LogP contribution in [0.25, 0.3) is 11.1 Å². The van der Waals surface area contributed by atoms with E-state index in [0.29, 0.717) is 11.5 Å². The average Bonchev–Trinajstić information content (AvgIpc) is 2.80. The Morgan fingerprint density at radius 3 is 2.25 bits per heavy atom. The summed E-state index contributed by atoms with van der Waals surface area (Å²) in [6, 6.07) is 23.6. The maximum Gasteiger partial charge on any atom is 0.251 e. The Bertz CT molecular complexity index is 1220. The van der Waals surface area contributed by atoms with Crippen molar-refractivity contribution in [1.82, 2.24) is 15.3 Å². The molecule has 32 heavy (non-hydrogen) atoms. The molecule has 5 nitrogen and oxygen atoms in total. The van der Waals surface area contributed by atoms with E-state index >= 15 is 0 Å². The number of hydrogen-bond acceptors (Lipinski definition) is 4. The van der Waals surface area contributed by atoms with Gasteiger partial charge >= 0.3 is 0 Å². The lowest BCUT2D eigenvalue weighted by molar-refractivity contribution is 0.0940. The van der Waals surface area contributed by atoms with Gasteiger partial charge in [-0.25, -0.2) is 9.97 Å². The van der Waals surface area contributed by atoms with Gasteiger partial charge in [0.05, 0.1) is 6.04 Å². The van der Waals surface area contributed by atoms with Gasteiger partial charge in [0.25, 0.3) is 5.91 Å². The molecular formula is C27H26N4O. The molecule has 0 saturated heterocycles. The first-order valence-electron chi connectivity index (χ1n) is 10.6. The van der Waals surface area contributed by atoms with Gasteiger partial charge in [0, 0.05) is 29.2 Å². The third-order valence-electron chi connectivity index (χ3n) is 5.31. The Labute approximate surface area is 188 Å². The van der Waals surface area contributed by atoms with Crippen molar-refractivity contribution in [2.24, 2.45) is 0 Å². The summed E-state index contributed by atoms with van der Waals surface area (Å²) in [6.07, 6.45) is 3.59. The quantitative estimate of drug-likeness (QED) is 0.400. The van der Waals surface area contributed by atoms with Crippen LogP contribution in [-0.4, -0.2) is 15.9 Å². The van der Waals surface area contributed by atoms with Crippen molar-refractivity contribution >= 4 is 17.5 Å². The minimum Gasteiger partial charge on any atom is -0.346 e. The molecule has 1 atom stereocenters. The van der Waals surface area contributed by atoms with Gasteiger partial charge in [-0.05, 0) is 50.1 Å². The van der Waals surface area contributed by atoms with Gasteiger partial charge in [-0.2, -0.15) is 0 Å². The largest absolute Gasteiger partial charge is 0.346 e. The Hall–Kier alpha value is -3.99. The summed E-state index contributed by atoms with van der Waals surface area (Å²) in [5.74, 6) is 0.351. The van der Waals surface area contributed by atoms with Crippen molar-refractivity contribution in [2.45, 2.75) is 26.8 Å². The fourth-order valence-corrected chi connectivity index (χ4v) is 3.45. The number of rotatable bonds is 6. The van der Waals surface area contributed by atoms with Gasteiger partial charge in [0.2, 0.25) is 5.95 Å². The van der Waals surface area contributed by atoms with Gasteiger partial charge in [0.1, 0.15) is 0 Å². The van der Waals surface area contributed by atoms with E-state index in [-0.39, 0.29) is 11.9 Å². The van der Waals surface area contributed by atoms with Crippen LogP contribution >= 0.6 is 0 Å². The van der Waals surface area contributed by atoms with E-state index in [1.165, 1.54) is 11.1 Å². The van der Waals surface area contributed by atoms with Crippen molar-refractivity contribution in [3.63, 3.8) is 0 Å². The van der Waals surface area contributed by atoms with Crippen LogP contribution in [0.3, 0.4) is 0 Å². The van der Waals surface area contributed by atoms with Crippen molar-refractivity contribution < 1.29 is 4.79 Å². The monoisotopic (exact) mass is 422 g/mol. The lowest BCUT2D eigenvalue weighted by Gasteiger charge is -2.15. The maximum atomic E-state index is 12.8. The molecule has 0 saturated carbocycles. The van der Waals surface area contributed by atoms with Crippen LogP contribution in [0.5, 0.6) is 0 Å². The molecule has 0 spiro atoms. The zero-order chi connectivity index (χ0) is 22.5. The van der Waals surface area contributed by atoms with E-state index in [2.05, 4.69) is 39.7 Å². The molecule has 0 unspecified atom stereocenters. The zero-order valence-electron chi connectivity index (χ0n) is 18.5. The van der Waals surface area contributed by atoms with Gasteiger partial charge in [-0.3, -0.25) is 4.79 Å². The fourth-order valence-electron chi connectivity index (χ4n) is 3.45. The van der Waals surface area contributed by atoms with Crippen LogP contribution in [0.1, 0.15) is 40.0 Å². The summed E-state index contributed by atoms with van der Waals surface area (Å²) >= 11 is 0. The molecule has 1 amide bonds. The third-order valence-corrected chi connectivity index (χ3v) is 5.31. The van der Waals surface area contributed by atoms with E-state index in [4.69, 9.17) is 0 Å². The van der Waals surface area contributed by atoms with Gasteiger partial charge in [-0.1, -0.05) is 65.7 Å². The van der Waals surface area contributed by atoms with Crippen LogP contribution < -0.4 is 10.6 Å². The second-order valence-electron chi connectivity index (χ2n) is 7.98. The first-order chi connectivity index (χ1) is 15.5. The molecule has 0 aliphatic heterocycles. The summed E-state index contributed by atoms with van der Waals surface area (Å²) in [5, 5.41) is 6.23. The van der Waals surface area contributed by atoms with Gasteiger partial charge in [0.15, 0.2) is 0 Å². The predicted molar refractivity (Wildman–Crippen MR) is 129 cm³/mol. The van der Waals surface area contributed by atoms with Crippen molar-refractivity contribution in [3.05, 3.63) is 107 Å². The molecular weight excluding hydrogens is 396 g/mol. The van der Waals surface area contributed by atoms with Gasteiger partial charge < -0.3 is 10.6 Å². The molecule has 160 valence electrons. The number of amides is 1. The lowest BCUT2D eigenvalue weighted by atomic mass is 10.1. The number of nitrogens with zero attached hydrogens (tertiary/aromatic N) is 2. The second kappa shape index (κ2) is 9.43. The summed E-state index contributed by atoms with van der Waals surface area (Å²) in [7, 11) is 0. The molecule has 0 aliphatic rings. The Morgan fingerprint density at radius 2 is 1.53 bits per heavy atom. The van der Waals surface area contributed by atoms with Crippen LogP contribution in [0.15, 0.2) is 85.2 Å². The number of anilines is 2. The van der Waals surface area contributed by atoms with Crippen LogP contribution in [0.4, 0.5) is 11.6 Å². The standard InChI is InChI=1S/C27H26N4O/c1-18-10-12-21(13-11-18)20(3)30-26(32)23-8-5-9-25(15-23)31-27-28-16-24(17-29-27)22-7-4-6-19(2)14-22/h4-17,20H,1-3H3,(H,30,32)(H,28,29,31)/t20-/m0/s1. The number of nitrogens with one attached hydrogen (secondary N) is 2. The minimum atomic E-state index is -0.127. The molecule has 4 aromatic rings. The normalized spacial score (nSPS) is 11.6. The van der Waals surface area contributed by atoms with E-state index in [9.17, 15) is 4.79 Å². The summed E-state index contributed by atoms with van der Waals surface area (Å²) < 4.78 is 0. The molecule has 0 aliphatic carbocycles. The highest BCUT2D eigenvalue weighted by Crippen LogP contribution is 2.21. The average molecular weight is 423 g/mol. The first kappa shape index (κ1) is 21.2. The van der Waals surface area contributed by atoms with Gasteiger partial charge in [-0.15, -0.1) is 0 Å². The molecule has 0 bridgehead atoms. The van der Waals surface area contributed by atoms with E-state index < -0.39 is 0 Å². The summed E-state index contributed by atoms with van der Waals surface area (Å²) in [5.41, 5.74) is 6.82. The number of hydrogen-bond donors (Lipinski definition) is 2. The molecule has 0 radical (unpaired) electrons. The molecule has 4 rings (SSSR count). The van der Waals surface area contributed by atoms with E-state index in [0.717, 1.165) is 22.4 Å². The Kier molecular flexibility index (Phi) is 6.26. The molecule has 0 fully saturated rings. The maximum absolute atomic E-state index is 12.8. The molecule has 1 heterocycles. The topological polar surface area (TPSA) is 66.9 Å². The minimum absolute atomic E-state index is 0.0859. The molecule has 3 aromatic carbocycles. The Balaban J connectivity index is 1.43. The van der Waals surface area contributed by atoms with Crippen LogP contribution in [-0.2, 0) is 0 Å². The number of benzene rings is 3. The van der Waals surface area contributed by atoms with Crippen LogP contribution in [0.2, 0.25) is 0 Å². The highest BCUT2D eigenvalue weighted by atomic mass is 16.1. The van der Waals surface area contributed by atoms with Crippen LogP contribution in [0, 0.1) is 13.8 Å². The number of carbonyl (C=O) groups excluding carboxylic acids is 1.